The van der Waals surface area contributed by atoms with Gasteiger partial charge in [0.1, 0.15) is 0 Å². The molecule has 2 fully saturated rings. The summed E-state index contributed by atoms with van der Waals surface area (Å²) in [6, 6.07) is 9.43. The number of hydrogen-bond donors (Lipinski definition) is 1. The van der Waals surface area contributed by atoms with Crippen LogP contribution in [0.25, 0.3) is 0 Å². The van der Waals surface area contributed by atoms with Gasteiger partial charge in [0.25, 0.3) is 0 Å². The van der Waals surface area contributed by atoms with Crippen molar-refractivity contribution in [1.82, 2.24) is 20.0 Å². The van der Waals surface area contributed by atoms with E-state index in [1.165, 1.54) is 23.1 Å². The van der Waals surface area contributed by atoms with E-state index in [0.29, 0.717) is 11.9 Å². The van der Waals surface area contributed by atoms with Crippen LogP contribution in [0.15, 0.2) is 36.7 Å². The van der Waals surface area contributed by atoms with Gasteiger partial charge < -0.3 is 10.2 Å². The fourth-order valence-corrected chi connectivity index (χ4v) is 5.07. The summed E-state index contributed by atoms with van der Waals surface area (Å²) in [6.07, 6.45) is 9.71. The van der Waals surface area contributed by atoms with Gasteiger partial charge in [0, 0.05) is 38.3 Å². The topological polar surface area (TPSA) is 50.2 Å². The van der Waals surface area contributed by atoms with E-state index >= 15 is 0 Å². The molecular formula is C22H28N4O. The largest absolute Gasteiger partial charge is 0.332 e. The zero-order valence-corrected chi connectivity index (χ0v) is 16.0. The van der Waals surface area contributed by atoms with Gasteiger partial charge in [-0.2, -0.15) is 5.10 Å². The van der Waals surface area contributed by atoms with Gasteiger partial charge in [-0.1, -0.05) is 24.3 Å². The van der Waals surface area contributed by atoms with E-state index in [2.05, 4.69) is 45.8 Å². The first-order chi connectivity index (χ1) is 13.2. The molecule has 5 rings (SSSR count). The van der Waals surface area contributed by atoms with Crippen LogP contribution in [-0.4, -0.2) is 39.7 Å². The van der Waals surface area contributed by atoms with Crippen molar-refractivity contribution >= 4 is 5.91 Å². The van der Waals surface area contributed by atoms with Crippen molar-refractivity contribution in [1.29, 1.82) is 0 Å². The van der Waals surface area contributed by atoms with Crippen molar-refractivity contribution in [3.8, 4) is 0 Å². The molecule has 2 heterocycles. The average molecular weight is 364 g/mol. The minimum absolute atomic E-state index is 0.0175. The molecule has 5 nitrogen and oxygen atoms in total. The van der Waals surface area contributed by atoms with Crippen LogP contribution in [0.3, 0.4) is 0 Å². The minimum atomic E-state index is 0.0175. The molecule has 1 unspecified atom stereocenters. The maximum atomic E-state index is 13.8. The predicted octanol–water partition coefficient (Wildman–Crippen LogP) is 2.79. The summed E-state index contributed by atoms with van der Waals surface area (Å²) in [6.45, 7) is 1.64. The first-order valence-electron chi connectivity index (χ1n) is 10.3. The summed E-state index contributed by atoms with van der Waals surface area (Å²) in [5.41, 5.74) is 3.99. The summed E-state index contributed by atoms with van der Waals surface area (Å²) < 4.78 is 1.84. The fourth-order valence-electron chi connectivity index (χ4n) is 5.07. The third kappa shape index (κ3) is 3.08. The van der Waals surface area contributed by atoms with Gasteiger partial charge in [0.2, 0.25) is 5.91 Å². The lowest BCUT2D eigenvalue weighted by Gasteiger charge is -2.38. The van der Waals surface area contributed by atoms with Gasteiger partial charge in [-0.05, 0) is 48.8 Å². The highest BCUT2D eigenvalue weighted by Crippen LogP contribution is 2.43. The molecule has 27 heavy (non-hydrogen) atoms. The van der Waals surface area contributed by atoms with Crippen molar-refractivity contribution in [2.24, 2.45) is 13.0 Å². The monoisotopic (exact) mass is 364 g/mol. The van der Waals surface area contributed by atoms with Crippen molar-refractivity contribution in [2.75, 3.05) is 13.1 Å². The second kappa shape index (κ2) is 6.79. The maximum Gasteiger partial charge on any atom is 0.228 e. The lowest BCUT2D eigenvalue weighted by molar-refractivity contribution is -0.139. The molecule has 2 aromatic rings. The van der Waals surface area contributed by atoms with Crippen molar-refractivity contribution in [3.63, 3.8) is 0 Å². The zero-order valence-electron chi connectivity index (χ0n) is 16.0. The normalized spacial score (nSPS) is 27.4. The van der Waals surface area contributed by atoms with E-state index in [4.69, 9.17) is 0 Å². The van der Waals surface area contributed by atoms with Gasteiger partial charge in [-0.3, -0.25) is 9.48 Å². The van der Waals surface area contributed by atoms with Crippen LogP contribution < -0.4 is 5.32 Å². The molecule has 0 radical (unpaired) electrons. The highest BCUT2D eigenvalue weighted by molar-refractivity contribution is 5.82. The van der Waals surface area contributed by atoms with E-state index < -0.39 is 0 Å². The summed E-state index contributed by atoms with van der Waals surface area (Å²) in [5, 5.41) is 7.79. The van der Waals surface area contributed by atoms with E-state index in [-0.39, 0.29) is 17.9 Å². The molecule has 0 bridgehead atoms. The summed E-state index contributed by atoms with van der Waals surface area (Å²) in [4.78, 5) is 16.1. The van der Waals surface area contributed by atoms with E-state index in [1.807, 2.05) is 17.9 Å². The van der Waals surface area contributed by atoms with Crippen LogP contribution in [0, 0.1) is 5.92 Å². The molecule has 1 aliphatic heterocycles. The number of carbonyl (C=O) groups excluding carboxylic acids is 1. The standard InChI is InChI=1S/C22H28N4O/c1-25-14-16(11-24-25)19-12-23-13-20(19)22(27)26(17-9-10-17)21-8-4-6-15-5-2-3-7-18(15)21/h2-3,5,7,11,14,17,19-21,23H,4,6,8-10,12-13H2,1H3/t19-,20+,21?/m1/s1. The molecule has 3 atom stereocenters. The molecule has 5 heteroatoms. The Morgan fingerprint density at radius 2 is 2.07 bits per heavy atom. The number of benzene rings is 1. The molecule has 1 aromatic heterocycles. The number of hydrogen-bond acceptors (Lipinski definition) is 3. The number of fused-ring (bicyclic) bond motifs is 1. The van der Waals surface area contributed by atoms with Crippen LogP contribution in [-0.2, 0) is 18.3 Å². The predicted molar refractivity (Wildman–Crippen MR) is 104 cm³/mol. The van der Waals surface area contributed by atoms with Gasteiger partial charge in [-0.15, -0.1) is 0 Å². The van der Waals surface area contributed by atoms with Crippen LogP contribution in [0.5, 0.6) is 0 Å². The van der Waals surface area contributed by atoms with Crippen LogP contribution >= 0.6 is 0 Å². The summed E-state index contributed by atoms with van der Waals surface area (Å²) in [5.74, 6) is 0.591. The number of rotatable bonds is 4. The molecule has 0 spiro atoms. The van der Waals surface area contributed by atoms with Gasteiger partial charge in [0.05, 0.1) is 18.2 Å². The number of carbonyl (C=O) groups is 1. The molecule has 142 valence electrons. The minimum Gasteiger partial charge on any atom is -0.332 e. The lowest BCUT2D eigenvalue weighted by Crippen LogP contribution is -2.43. The number of aromatic nitrogens is 2. The third-order valence-corrected chi connectivity index (χ3v) is 6.55. The Hall–Kier alpha value is -2.14. The van der Waals surface area contributed by atoms with Crippen LogP contribution in [0.1, 0.15) is 54.3 Å². The number of nitrogens with zero attached hydrogens (tertiary/aromatic N) is 3. The van der Waals surface area contributed by atoms with Crippen molar-refractivity contribution in [2.45, 2.75) is 50.1 Å². The second-order valence-corrected chi connectivity index (χ2v) is 8.40. The van der Waals surface area contributed by atoms with E-state index in [1.54, 1.807) is 0 Å². The van der Waals surface area contributed by atoms with Gasteiger partial charge >= 0.3 is 0 Å². The van der Waals surface area contributed by atoms with Crippen molar-refractivity contribution in [3.05, 3.63) is 53.3 Å². The first kappa shape index (κ1) is 17.0. The van der Waals surface area contributed by atoms with Crippen molar-refractivity contribution < 1.29 is 4.79 Å². The quantitative estimate of drug-likeness (QED) is 0.908. The Labute approximate surface area is 160 Å². The van der Waals surface area contributed by atoms with Crippen LogP contribution in [0.2, 0.25) is 0 Å². The molecule has 1 saturated carbocycles. The van der Waals surface area contributed by atoms with Gasteiger partial charge in [-0.25, -0.2) is 0 Å². The first-order valence-corrected chi connectivity index (χ1v) is 10.3. The molecule has 1 amide bonds. The Morgan fingerprint density at radius 3 is 2.85 bits per heavy atom. The zero-order chi connectivity index (χ0) is 18.4. The van der Waals surface area contributed by atoms with E-state index in [9.17, 15) is 4.79 Å². The average Bonchev–Trinajstić information content (AvgIpc) is 3.22. The number of amides is 1. The fraction of sp³-hybridized carbons (Fsp3) is 0.545. The molecule has 1 saturated heterocycles. The highest BCUT2D eigenvalue weighted by atomic mass is 16.2. The van der Waals surface area contributed by atoms with E-state index in [0.717, 1.165) is 38.8 Å². The summed E-state index contributed by atoms with van der Waals surface area (Å²) in [7, 11) is 1.94. The number of aryl methyl sites for hydroxylation is 2. The van der Waals surface area contributed by atoms with Crippen LogP contribution in [0.4, 0.5) is 0 Å². The summed E-state index contributed by atoms with van der Waals surface area (Å²) >= 11 is 0. The van der Waals surface area contributed by atoms with Gasteiger partial charge in [0.15, 0.2) is 0 Å². The molecule has 2 aliphatic carbocycles. The SMILES string of the molecule is Cn1cc([C@H]2CNC[C@@H]2C(=O)N(C2CC2)C2CCCc3ccccc32)cn1. The lowest BCUT2D eigenvalue weighted by atomic mass is 9.84. The Bertz CT molecular complexity index is 840. The molecular weight excluding hydrogens is 336 g/mol. The molecule has 1 N–H and O–H groups in total. The Balaban J connectivity index is 1.45. The second-order valence-electron chi connectivity index (χ2n) is 8.40. The maximum absolute atomic E-state index is 13.8. The molecule has 1 aromatic carbocycles. The third-order valence-electron chi connectivity index (χ3n) is 6.55. The highest BCUT2D eigenvalue weighted by Gasteiger charge is 2.45. The Morgan fingerprint density at radius 1 is 1.22 bits per heavy atom. The Kier molecular flexibility index (Phi) is 4.27. The smallest absolute Gasteiger partial charge is 0.228 e. The number of nitrogens with one attached hydrogen (secondary N) is 1. The molecule has 3 aliphatic rings.